The van der Waals surface area contributed by atoms with Gasteiger partial charge in [0.2, 0.25) is 5.91 Å². The fraction of sp³-hybridized carbons (Fsp3) is 0.316. The summed E-state index contributed by atoms with van der Waals surface area (Å²) in [7, 11) is 1.75. The third kappa shape index (κ3) is 5.90. The summed E-state index contributed by atoms with van der Waals surface area (Å²) in [6.07, 6.45) is -4.34. The Bertz CT molecular complexity index is 684. The van der Waals surface area contributed by atoms with Crippen LogP contribution in [0.25, 0.3) is 0 Å². The molecule has 1 N–H and O–H groups in total. The quantitative estimate of drug-likeness (QED) is 0.854. The summed E-state index contributed by atoms with van der Waals surface area (Å²) in [5, 5.41) is 2.91. The van der Waals surface area contributed by atoms with Gasteiger partial charge in [0.25, 0.3) is 0 Å². The number of likely N-dealkylation sites (N-methyl/N-ethyl adjacent to an activating group) is 1. The van der Waals surface area contributed by atoms with Crippen LogP contribution in [0.3, 0.4) is 0 Å². The average molecular weight is 350 g/mol. The maximum absolute atomic E-state index is 12.6. The fourth-order valence-electron chi connectivity index (χ4n) is 2.52. The molecule has 2 rings (SSSR count). The summed E-state index contributed by atoms with van der Waals surface area (Å²) >= 11 is 0. The molecule has 0 aliphatic heterocycles. The third-order valence-electron chi connectivity index (χ3n) is 3.82. The smallest absolute Gasteiger partial charge is 0.348 e. The van der Waals surface area contributed by atoms with Crippen molar-refractivity contribution in [3.8, 4) is 0 Å². The number of benzene rings is 2. The number of carbonyl (C=O) groups is 1. The van der Waals surface area contributed by atoms with Crippen molar-refractivity contribution in [1.82, 2.24) is 10.2 Å². The zero-order valence-corrected chi connectivity index (χ0v) is 14.2. The highest BCUT2D eigenvalue weighted by Gasteiger charge is 2.29. The van der Waals surface area contributed by atoms with Crippen molar-refractivity contribution in [2.45, 2.75) is 25.7 Å². The zero-order valence-electron chi connectivity index (χ0n) is 14.2. The molecule has 1 atom stereocenters. The Morgan fingerprint density at radius 2 is 1.68 bits per heavy atom. The van der Waals surface area contributed by atoms with Gasteiger partial charge in [0.15, 0.2) is 0 Å². The predicted molar refractivity (Wildman–Crippen MR) is 90.8 cm³/mol. The minimum absolute atomic E-state index is 0.104. The summed E-state index contributed by atoms with van der Waals surface area (Å²) in [5.74, 6) is -0.134. The van der Waals surface area contributed by atoms with Gasteiger partial charge in [-0.1, -0.05) is 42.5 Å². The molecule has 0 radical (unpaired) electrons. The van der Waals surface area contributed by atoms with E-state index in [0.717, 1.165) is 23.3 Å². The van der Waals surface area contributed by atoms with Gasteiger partial charge in [-0.05, 0) is 37.2 Å². The van der Waals surface area contributed by atoms with Gasteiger partial charge in [-0.2, -0.15) is 13.2 Å². The number of halogens is 3. The highest BCUT2D eigenvalue weighted by Crippen LogP contribution is 2.29. The molecule has 0 unspecified atom stereocenters. The van der Waals surface area contributed by atoms with Crippen LogP contribution >= 0.6 is 0 Å². The van der Waals surface area contributed by atoms with E-state index in [-0.39, 0.29) is 18.5 Å². The number of alkyl halides is 3. The van der Waals surface area contributed by atoms with Crippen molar-refractivity contribution in [2.75, 3.05) is 13.6 Å². The van der Waals surface area contributed by atoms with Crippen LogP contribution in [0.4, 0.5) is 13.2 Å². The molecular weight excluding hydrogens is 329 g/mol. The Morgan fingerprint density at radius 3 is 2.24 bits per heavy atom. The van der Waals surface area contributed by atoms with Crippen LogP contribution in [0.15, 0.2) is 54.6 Å². The molecular formula is C19H21F3N2O. The molecule has 0 aliphatic rings. The maximum Gasteiger partial charge on any atom is 0.416 e. The Kier molecular flexibility index (Phi) is 6.20. The van der Waals surface area contributed by atoms with Gasteiger partial charge in [0.05, 0.1) is 18.2 Å². The van der Waals surface area contributed by atoms with E-state index in [1.54, 1.807) is 11.9 Å². The second kappa shape index (κ2) is 8.16. The highest BCUT2D eigenvalue weighted by atomic mass is 19.4. The van der Waals surface area contributed by atoms with Crippen molar-refractivity contribution in [1.29, 1.82) is 0 Å². The molecule has 0 saturated carbocycles. The molecule has 0 heterocycles. The first kappa shape index (κ1) is 19.0. The maximum atomic E-state index is 12.6. The molecule has 6 heteroatoms. The summed E-state index contributed by atoms with van der Waals surface area (Å²) in [4.78, 5) is 13.9. The molecule has 0 aliphatic carbocycles. The largest absolute Gasteiger partial charge is 0.416 e. The number of hydrogen-bond donors (Lipinski definition) is 1. The number of carbonyl (C=O) groups excluding carboxylic acids is 1. The van der Waals surface area contributed by atoms with Gasteiger partial charge in [-0.25, -0.2) is 0 Å². The summed E-state index contributed by atoms with van der Waals surface area (Å²) in [6.45, 7) is 2.46. The summed E-state index contributed by atoms with van der Waals surface area (Å²) < 4.78 is 37.7. The molecule has 3 nitrogen and oxygen atoms in total. The third-order valence-corrected chi connectivity index (χ3v) is 3.82. The van der Waals surface area contributed by atoms with E-state index in [1.165, 1.54) is 12.1 Å². The van der Waals surface area contributed by atoms with Gasteiger partial charge in [-0.3, -0.25) is 9.69 Å². The first-order chi connectivity index (χ1) is 11.8. The number of amides is 1. The lowest BCUT2D eigenvalue weighted by Crippen LogP contribution is -2.36. The van der Waals surface area contributed by atoms with E-state index in [2.05, 4.69) is 5.32 Å². The van der Waals surface area contributed by atoms with Crippen LogP contribution in [0, 0.1) is 0 Å². The minimum Gasteiger partial charge on any atom is -0.348 e. The van der Waals surface area contributed by atoms with E-state index < -0.39 is 11.7 Å². The second-order valence-electron chi connectivity index (χ2n) is 6.07. The molecule has 25 heavy (non-hydrogen) atoms. The summed E-state index contributed by atoms with van der Waals surface area (Å²) in [5.41, 5.74) is 1.06. The molecule has 0 aromatic heterocycles. The van der Waals surface area contributed by atoms with Gasteiger partial charge < -0.3 is 5.32 Å². The summed E-state index contributed by atoms with van der Waals surface area (Å²) in [6, 6.07) is 14.5. The average Bonchev–Trinajstić information content (AvgIpc) is 2.55. The monoisotopic (exact) mass is 350 g/mol. The normalized spacial score (nSPS) is 12.9. The molecule has 0 fully saturated rings. The van der Waals surface area contributed by atoms with E-state index in [9.17, 15) is 18.0 Å². The second-order valence-corrected chi connectivity index (χ2v) is 6.07. The molecule has 0 saturated heterocycles. The van der Waals surface area contributed by atoms with Crippen molar-refractivity contribution >= 4 is 5.91 Å². The Morgan fingerprint density at radius 1 is 1.08 bits per heavy atom. The predicted octanol–water partition coefficient (Wildman–Crippen LogP) is 4.01. The van der Waals surface area contributed by atoms with Gasteiger partial charge in [0.1, 0.15) is 0 Å². The molecule has 0 bridgehead atoms. The fourth-order valence-corrected chi connectivity index (χ4v) is 2.52. The highest BCUT2D eigenvalue weighted by molar-refractivity contribution is 5.78. The number of rotatable bonds is 6. The van der Waals surface area contributed by atoms with Crippen LogP contribution in [0.1, 0.15) is 29.7 Å². The van der Waals surface area contributed by atoms with E-state index in [0.29, 0.717) is 6.54 Å². The Labute approximate surface area is 145 Å². The lowest BCUT2D eigenvalue weighted by Gasteiger charge is -2.19. The van der Waals surface area contributed by atoms with Gasteiger partial charge in [0, 0.05) is 6.54 Å². The molecule has 1 amide bonds. The van der Waals surface area contributed by atoms with E-state index in [4.69, 9.17) is 0 Å². The molecule has 0 spiro atoms. The van der Waals surface area contributed by atoms with Crippen molar-refractivity contribution < 1.29 is 18.0 Å². The van der Waals surface area contributed by atoms with Crippen LogP contribution in [0.5, 0.6) is 0 Å². The number of nitrogens with one attached hydrogen (secondary N) is 1. The van der Waals surface area contributed by atoms with Crippen LogP contribution in [-0.4, -0.2) is 24.4 Å². The topological polar surface area (TPSA) is 32.3 Å². The number of nitrogens with zero attached hydrogens (tertiary/aromatic N) is 1. The first-order valence-corrected chi connectivity index (χ1v) is 7.94. The van der Waals surface area contributed by atoms with Gasteiger partial charge in [-0.15, -0.1) is 0 Å². The van der Waals surface area contributed by atoms with Crippen molar-refractivity contribution in [3.63, 3.8) is 0 Å². The van der Waals surface area contributed by atoms with Gasteiger partial charge >= 0.3 is 6.18 Å². The SMILES string of the molecule is C[C@H](NC(=O)CN(C)Cc1ccc(C(F)(F)F)cc1)c1ccccc1. The molecule has 2 aromatic carbocycles. The van der Waals surface area contributed by atoms with E-state index in [1.807, 2.05) is 37.3 Å². The standard InChI is InChI=1S/C19H21F3N2O/c1-14(16-6-4-3-5-7-16)23-18(25)13-24(2)12-15-8-10-17(11-9-15)19(20,21)22/h3-11,14H,12-13H2,1-2H3,(H,23,25)/t14-/m0/s1. The lowest BCUT2D eigenvalue weighted by molar-refractivity contribution is -0.137. The Balaban J connectivity index is 1.85. The van der Waals surface area contributed by atoms with E-state index >= 15 is 0 Å². The Hall–Kier alpha value is -2.34. The van der Waals surface area contributed by atoms with Crippen LogP contribution in [-0.2, 0) is 17.5 Å². The molecule has 134 valence electrons. The number of hydrogen-bond acceptors (Lipinski definition) is 2. The lowest BCUT2D eigenvalue weighted by atomic mass is 10.1. The molecule has 2 aromatic rings. The van der Waals surface area contributed by atoms with Crippen LogP contribution in [0.2, 0.25) is 0 Å². The minimum atomic E-state index is -4.34. The van der Waals surface area contributed by atoms with Crippen molar-refractivity contribution in [3.05, 3.63) is 71.3 Å². The first-order valence-electron chi connectivity index (χ1n) is 7.94. The zero-order chi connectivity index (χ0) is 18.4. The van der Waals surface area contributed by atoms with Crippen molar-refractivity contribution in [2.24, 2.45) is 0 Å². The van der Waals surface area contributed by atoms with Crippen LogP contribution < -0.4 is 5.32 Å².